The molecule has 2 N–H and O–H groups in total. The SMILES string of the molecule is OC1CCC(Nc2nc(Cl)ncc2Cl)CC1. The summed E-state index contributed by atoms with van der Waals surface area (Å²) in [5, 5.41) is 13.3. The van der Waals surface area contributed by atoms with Crippen LogP contribution in [-0.4, -0.2) is 27.2 Å². The minimum Gasteiger partial charge on any atom is -0.393 e. The molecule has 1 fully saturated rings. The van der Waals surface area contributed by atoms with Crippen molar-refractivity contribution >= 4 is 29.0 Å². The van der Waals surface area contributed by atoms with E-state index in [0.717, 1.165) is 25.7 Å². The highest BCUT2D eigenvalue weighted by atomic mass is 35.5. The molecular formula is C10H13Cl2N3O. The summed E-state index contributed by atoms with van der Waals surface area (Å²) in [6.45, 7) is 0. The van der Waals surface area contributed by atoms with Crippen LogP contribution in [0, 0.1) is 0 Å². The first-order valence-electron chi connectivity index (χ1n) is 5.28. The van der Waals surface area contributed by atoms with Crippen LogP contribution in [0.5, 0.6) is 0 Å². The number of aliphatic hydroxyl groups excluding tert-OH is 1. The fourth-order valence-electron chi connectivity index (χ4n) is 1.86. The highest BCUT2D eigenvalue weighted by Crippen LogP contribution is 2.25. The summed E-state index contributed by atoms with van der Waals surface area (Å²) in [5.74, 6) is 0.572. The normalized spacial score (nSPS) is 25.4. The zero-order valence-corrected chi connectivity index (χ0v) is 10.2. The second-order valence-electron chi connectivity index (χ2n) is 3.99. The number of rotatable bonds is 2. The average molecular weight is 262 g/mol. The fraction of sp³-hybridized carbons (Fsp3) is 0.600. The molecule has 1 aromatic rings. The molecule has 1 saturated carbocycles. The summed E-state index contributed by atoms with van der Waals surface area (Å²) in [6.07, 6.45) is 4.78. The molecule has 16 heavy (non-hydrogen) atoms. The minimum absolute atomic E-state index is 0.164. The second kappa shape index (κ2) is 5.17. The molecule has 1 aliphatic carbocycles. The van der Waals surface area contributed by atoms with Gasteiger partial charge in [-0.3, -0.25) is 0 Å². The van der Waals surface area contributed by atoms with Gasteiger partial charge in [0.05, 0.1) is 12.3 Å². The van der Waals surface area contributed by atoms with Gasteiger partial charge in [-0.05, 0) is 37.3 Å². The third-order valence-corrected chi connectivity index (χ3v) is 3.21. The van der Waals surface area contributed by atoms with Crippen LogP contribution in [0.1, 0.15) is 25.7 Å². The first-order valence-corrected chi connectivity index (χ1v) is 6.03. The van der Waals surface area contributed by atoms with E-state index in [9.17, 15) is 5.11 Å². The van der Waals surface area contributed by atoms with Gasteiger partial charge in [0.25, 0.3) is 0 Å². The zero-order chi connectivity index (χ0) is 11.5. The zero-order valence-electron chi connectivity index (χ0n) is 8.66. The van der Waals surface area contributed by atoms with Gasteiger partial charge >= 0.3 is 0 Å². The Morgan fingerprint density at radius 3 is 2.62 bits per heavy atom. The molecule has 0 spiro atoms. The number of hydrogen-bond donors (Lipinski definition) is 2. The van der Waals surface area contributed by atoms with Crippen molar-refractivity contribution in [1.29, 1.82) is 0 Å². The van der Waals surface area contributed by atoms with Crippen molar-refractivity contribution in [2.45, 2.75) is 37.8 Å². The van der Waals surface area contributed by atoms with Gasteiger partial charge in [-0.25, -0.2) is 4.98 Å². The second-order valence-corrected chi connectivity index (χ2v) is 4.73. The lowest BCUT2D eigenvalue weighted by molar-refractivity contribution is 0.126. The maximum absolute atomic E-state index is 9.39. The van der Waals surface area contributed by atoms with Crippen LogP contribution in [0.3, 0.4) is 0 Å². The standard InChI is InChI=1S/C10H13Cl2N3O/c11-8-5-13-10(12)15-9(8)14-6-1-3-7(16)4-2-6/h5-7,16H,1-4H2,(H,13,14,15). The summed E-state index contributed by atoms with van der Waals surface area (Å²) in [7, 11) is 0. The lowest BCUT2D eigenvalue weighted by Gasteiger charge is -2.26. The van der Waals surface area contributed by atoms with E-state index in [1.807, 2.05) is 0 Å². The summed E-state index contributed by atoms with van der Waals surface area (Å²) in [6, 6.07) is 0.298. The van der Waals surface area contributed by atoms with Crippen LogP contribution >= 0.6 is 23.2 Å². The van der Waals surface area contributed by atoms with Crippen molar-refractivity contribution in [3.05, 3.63) is 16.5 Å². The Hall–Kier alpha value is -0.580. The first-order chi connectivity index (χ1) is 7.65. The number of aliphatic hydroxyl groups is 1. The topological polar surface area (TPSA) is 58.0 Å². The highest BCUT2D eigenvalue weighted by molar-refractivity contribution is 6.33. The molecule has 0 bridgehead atoms. The predicted octanol–water partition coefficient (Wildman–Crippen LogP) is 2.50. The van der Waals surface area contributed by atoms with Gasteiger partial charge in [-0.15, -0.1) is 0 Å². The Morgan fingerprint density at radius 2 is 1.94 bits per heavy atom. The van der Waals surface area contributed by atoms with Gasteiger partial charge in [0.15, 0.2) is 0 Å². The minimum atomic E-state index is -0.164. The molecule has 1 aliphatic rings. The highest BCUT2D eigenvalue weighted by Gasteiger charge is 2.20. The molecule has 6 heteroatoms. The van der Waals surface area contributed by atoms with E-state index in [4.69, 9.17) is 23.2 Å². The quantitative estimate of drug-likeness (QED) is 0.804. The lowest BCUT2D eigenvalue weighted by Crippen LogP contribution is -2.28. The molecule has 2 rings (SSSR count). The molecule has 0 radical (unpaired) electrons. The van der Waals surface area contributed by atoms with Gasteiger partial charge in [-0.1, -0.05) is 11.6 Å². The van der Waals surface area contributed by atoms with Crippen LogP contribution in [0.2, 0.25) is 10.3 Å². The average Bonchev–Trinajstić information content (AvgIpc) is 2.27. The summed E-state index contributed by atoms with van der Waals surface area (Å²) in [4.78, 5) is 7.82. The number of hydrogen-bond acceptors (Lipinski definition) is 4. The van der Waals surface area contributed by atoms with E-state index in [1.165, 1.54) is 6.20 Å². The third kappa shape index (κ3) is 2.97. The fourth-order valence-corrected chi connectivity index (χ4v) is 2.14. The van der Waals surface area contributed by atoms with Crippen LogP contribution in [-0.2, 0) is 0 Å². The Kier molecular flexibility index (Phi) is 3.84. The molecule has 0 saturated heterocycles. The summed E-state index contributed by atoms with van der Waals surface area (Å²) in [5.41, 5.74) is 0. The van der Waals surface area contributed by atoms with E-state index in [2.05, 4.69) is 15.3 Å². The maximum Gasteiger partial charge on any atom is 0.224 e. The first kappa shape index (κ1) is 11.9. The number of aromatic nitrogens is 2. The number of nitrogens with zero attached hydrogens (tertiary/aromatic N) is 2. The van der Waals surface area contributed by atoms with Crippen molar-refractivity contribution in [3.8, 4) is 0 Å². The molecule has 0 amide bonds. The van der Waals surface area contributed by atoms with Gasteiger partial charge in [0.2, 0.25) is 5.28 Å². The molecule has 1 heterocycles. The van der Waals surface area contributed by atoms with E-state index in [0.29, 0.717) is 16.9 Å². The van der Waals surface area contributed by atoms with Crippen molar-refractivity contribution in [2.75, 3.05) is 5.32 Å². The molecule has 0 aromatic carbocycles. The third-order valence-electron chi connectivity index (χ3n) is 2.75. The molecule has 88 valence electrons. The van der Waals surface area contributed by atoms with Crippen molar-refractivity contribution in [2.24, 2.45) is 0 Å². The number of anilines is 1. The van der Waals surface area contributed by atoms with Gasteiger partial charge < -0.3 is 10.4 Å². The predicted molar refractivity (Wildman–Crippen MR) is 63.9 cm³/mol. The van der Waals surface area contributed by atoms with Crippen LogP contribution in [0.15, 0.2) is 6.20 Å². The lowest BCUT2D eigenvalue weighted by atomic mass is 9.93. The van der Waals surface area contributed by atoms with E-state index < -0.39 is 0 Å². The largest absolute Gasteiger partial charge is 0.393 e. The number of nitrogens with one attached hydrogen (secondary N) is 1. The smallest absolute Gasteiger partial charge is 0.224 e. The Morgan fingerprint density at radius 1 is 1.25 bits per heavy atom. The van der Waals surface area contributed by atoms with Crippen molar-refractivity contribution in [3.63, 3.8) is 0 Å². The van der Waals surface area contributed by atoms with Crippen molar-refractivity contribution < 1.29 is 5.11 Å². The van der Waals surface area contributed by atoms with Crippen LogP contribution < -0.4 is 5.32 Å². The van der Waals surface area contributed by atoms with E-state index in [1.54, 1.807) is 0 Å². The number of halogens is 2. The Bertz CT molecular complexity index is 367. The Labute approximate surface area is 104 Å². The van der Waals surface area contributed by atoms with Crippen LogP contribution in [0.25, 0.3) is 0 Å². The summed E-state index contributed by atoms with van der Waals surface area (Å²) < 4.78 is 0. The molecule has 0 atom stereocenters. The molecule has 1 aromatic heterocycles. The van der Waals surface area contributed by atoms with Gasteiger partial charge in [-0.2, -0.15) is 4.98 Å². The van der Waals surface area contributed by atoms with Gasteiger partial charge in [0.1, 0.15) is 10.8 Å². The molecule has 4 nitrogen and oxygen atoms in total. The molecular weight excluding hydrogens is 249 g/mol. The van der Waals surface area contributed by atoms with Gasteiger partial charge in [0, 0.05) is 6.04 Å². The van der Waals surface area contributed by atoms with E-state index in [-0.39, 0.29) is 11.4 Å². The van der Waals surface area contributed by atoms with Crippen molar-refractivity contribution in [1.82, 2.24) is 9.97 Å². The molecule has 0 unspecified atom stereocenters. The molecule has 0 aliphatic heterocycles. The van der Waals surface area contributed by atoms with Crippen LogP contribution in [0.4, 0.5) is 5.82 Å². The van der Waals surface area contributed by atoms with E-state index >= 15 is 0 Å². The monoisotopic (exact) mass is 261 g/mol. The Balaban J connectivity index is 2.00. The maximum atomic E-state index is 9.39. The summed E-state index contributed by atoms with van der Waals surface area (Å²) >= 11 is 11.6.